The van der Waals surface area contributed by atoms with Crippen LogP contribution in [0.2, 0.25) is 0 Å². The van der Waals surface area contributed by atoms with Gasteiger partial charge in [-0.05, 0) is 25.8 Å². The van der Waals surface area contributed by atoms with E-state index in [9.17, 15) is 5.21 Å². The Morgan fingerprint density at radius 2 is 2.06 bits per heavy atom. The molecule has 0 saturated carbocycles. The van der Waals surface area contributed by atoms with E-state index in [1.807, 2.05) is 0 Å². The second-order valence-corrected chi connectivity index (χ2v) is 4.85. The summed E-state index contributed by atoms with van der Waals surface area (Å²) < 4.78 is 11.9. The summed E-state index contributed by atoms with van der Waals surface area (Å²) in [4.78, 5) is 0. The first kappa shape index (κ1) is 13.8. The van der Waals surface area contributed by atoms with Gasteiger partial charge in [-0.3, -0.25) is 0 Å². The second-order valence-electron chi connectivity index (χ2n) is 4.85. The number of rotatable bonds is 6. The molecule has 4 nitrogen and oxygen atoms in total. The number of ether oxygens (including phenoxy) is 2. The van der Waals surface area contributed by atoms with Crippen LogP contribution in [0.15, 0.2) is 24.5 Å². The van der Waals surface area contributed by atoms with Crippen molar-refractivity contribution in [3.05, 3.63) is 29.7 Å². The summed E-state index contributed by atoms with van der Waals surface area (Å²) in [6, 6.07) is 3.41. The summed E-state index contributed by atoms with van der Waals surface area (Å²) in [5.41, 5.74) is -0.154. The van der Waals surface area contributed by atoms with Crippen molar-refractivity contribution in [2.45, 2.75) is 33.3 Å². The smallest absolute Gasteiger partial charge is 0.222 e. The van der Waals surface area contributed by atoms with Crippen LogP contribution in [0.1, 0.15) is 27.7 Å². The van der Waals surface area contributed by atoms with Gasteiger partial charge < -0.3 is 14.7 Å². The SMILES string of the molecule is CC(C)C(C)(C)OCCOc1ccc[n+]([O-])c1. The third-order valence-corrected chi connectivity index (χ3v) is 2.96. The summed E-state index contributed by atoms with van der Waals surface area (Å²) in [5, 5.41) is 11.0. The zero-order chi connectivity index (χ0) is 12.9. The molecule has 0 bridgehead atoms. The van der Waals surface area contributed by atoms with Gasteiger partial charge in [-0.25, -0.2) is 0 Å². The summed E-state index contributed by atoms with van der Waals surface area (Å²) in [7, 11) is 0. The van der Waals surface area contributed by atoms with Crippen LogP contribution in [-0.2, 0) is 4.74 Å². The van der Waals surface area contributed by atoms with Crippen LogP contribution in [0, 0.1) is 11.1 Å². The first-order chi connectivity index (χ1) is 7.92. The maximum Gasteiger partial charge on any atom is 0.222 e. The molecule has 0 aliphatic carbocycles. The van der Waals surface area contributed by atoms with Crippen LogP contribution in [0.5, 0.6) is 5.75 Å². The fourth-order valence-electron chi connectivity index (χ4n) is 1.15. The van der Waals surface area contributed by atoms with Crippen molar-refractivity contribution < 1.29 is 14.2 Å². The number of nitrogens with zero attached hydrogens (tertiary/aromatic N) is 1. The van der Waals surface area contributed by atoms with Crippen LogP contribution >= 0.6 is 0 Å². The van der Waals surface area contributed by atoms with Crippen molar-refractivity contribution in [1.82, 2.24) is 0 Å². The first-order valence-electron chi connectivity index (χ1n) is 5.87. The lowest BCUT2D eigenvalue weighted by Gasteiger charge is -2.29. The lowest BCUT2D eigenvalue weighted by molar-refractivity contribution is -0.605. The monoisotopic (exact) mass is 239 g/mol. The summed E-state index contributed by atoms with van der Waals surface area (Å²) in [5.74, 6) is 1.01. The maximum atomic E-state index is 11.0. The second kappa shape index (κ2) is 5.87. The largest absolute Gasteiger partial charge is 0.619 e. The Morgan fingerprint density at radius 1 is 1.35 bits per heavy atom. The fraction of sp³-hybridized carbons (Fsp3) is 0.615. The van der Waals surface area contributed by atoms with Gasteiger partial charge in [0.2, 0.25) is 6.20 Å². The van der Waals surface area contributed by atoms with Gasteiger partial charge in [-0.1, -0.05) is 13.8 Å². The van der Waals surface area contributed by atoms with Crippen LogP contribution in [-0.4, -0.2) is 18.8 Å². The fourth-order valence-corrected chi connectivity index (χ4v) is 1.15. The third kappa shape index (κ3) is 4.61. The minimum absolute atomic E-state index is 0.154. The summed E-state index contributed by atoms with van der Waals surface area (Å²) in [6.45, 7) is 9.33. The zero-order valence-corrected chi connectivity index (χ0v) is 11.0. The lowest BCUT2D eigenvalue weighted by atomic mass is 9.95. The Kier molecular flexibility index (Phi) is 4.75. The molecule has 0 atom stereocenters. The third-order valence-electron chi connectivity index (χ3n) is 2.96. The van der Waals surface area contributed by atoms with E-state index in [1.165, 1.54) is 12.4 Å². The van der Waals surface area contributed by atoms with Crippen molar-refractivity contribution >= 4 is 0 Å². The van der Waals surface area contributed by atoms with Gasteiger partial charge in [0.25, 0.3) is 0 Å². The van der Waals surface area contributed by atoms with Gasteiger partial charge in [0, 0.05) is 6.07 Å². The summed E-state index contributed by atoms with van der Waals surface area (Å²) in [6.07, 6.45) is 2.82. The molecule has 1 aromatic heterocycles. The molecule has 0 amide bonds. The number of aromatic nitrogens is 1. The van der Waals surface area contributed by atoms with Crippen molar-refractivity contribution in [3.8, 4) is 5.75 Å². The zero-order valence-electron chi connectivity index (χ0n) is 11.0. The average molecular weight is 239 g/mol. The predicted molar refractivity (Wildman–Crippen MR) is 65.8 cm³/mol. The molecule has 0 aliphatic rings. The van der Waals surface area contributed by atoms with E-state index < -0.39 is 0 Å². The van der Waals surface area contributed by atoms with E-state index >= 15 is 0 Å². The molecule has 0 saturated heterocycles. The predicted octanol–water partition coefficient (Wildman–Crippen LogP) is 2.15. The molecule has 0 N–H and O–H groups in total. The average Bonchev–Trinajstić information content (AvgIpc) is 2.24. The quantitative estimate of drug-likeness (QED) is 0.434. The highest BCUT2D eigenvalue weighted by molar-refractivity contribution is 5.12. The lowest BCUT2D eigenvalue weighted by Crippen LogP contribution is -2.32. The summed E-state index contributed by atoms with van der Waals surface area (Å²) >= 11 is 0. The van der Waals surface area contributed by atoms with Crippen LogP contribution in [0.3, 0.4) is 0 Å². The molecule has 0 unspecified atom stereocenters. The first-order valence-corrected chi connectivity index (χ1v) is 5.87. The van der Waals surface area contributed by atoms with Crippen molar-refractivity contribution in [2.75, 3.05) is 13.2 Å². The Balaban J connectivity index is 2.29. The molecule has 96 valence electrons. The van der Waals surface area contributed by atoms with E-state index in [4.69, 9.17) is 9.47 Å². The van der Waals surface area contributed by atoms with Gasteiger partial charge in [-0.2, -0.15) is 4.73 Å². The number of hydrogen-bond acceptors (Lipinski definition) is 3. The molecular weight excluding hydrogens is 218 g/mol. The standard InChI is InChI=1S/C13H21NO3/c1-11(2)13(3,4)17-9-8-16-12-6-5-7-14(15)10-12/h5-7,10-11H,8-9H2,1-4H3. The molecule has 0 radical (unpaired) electrons. The van der Waals surface area contributed by atoms with Gasteiger partial charge in [0.1, 0.15) is 6.61 Å². The van der Waals surface area contributed by atoms with Gasteiger partial charge in [-0.15, -0.1) is 0 Å². The number of pyridine rings is 1. The van der Waals surface area contributed by atoms with E-state index in [0.29, 0.717) is 29.6 Å². The minimum atomic E-state index is -0.154. The molecule has 0 spiro atoms. The molecule has 1 aromatic rings. The van der Waals surface area contributed by atoms with E-state index in [-0.39, 0.29) is 5.60 Å². The Morgan fingerprint density at radius 3 is 2.65 bits per heavy atom. The highest BCUT2D eigenvalue weighted by Crippen LogP contribution is 2.19. The molecule has 17 heavy (non-hydrogen) atoms. The van der Waals surface area contributed by atoms with Crippen LogP contribution < -0.4 is 9.47 Å². The molecule has 0 aromatic carbocycles. The van der Waals surface area contributed by atoms with Crippen molar-refractivity contribution in [1.29, 1.82) is 0 Å². The van der Waals surface area contributed by atoms with Gasteiger partial charge in [0.05, 0.1) is 12.2 Å². The normalized spacial score (nSPS) is 11.8. The van der Waals surface area contributed by atoms with E-state index in [0.717, 1.165) is 0 Å². The topological polar surface area (TPSA) is 45.4 Å². The number of hydrogen-bond donors (Lipinski definition) is 0. The molecule has 0 aliphatic heterocycles. The van der Waals surface area contributed by atoms with Crippen molar-refractivity contribution in [2.24, 2.45) is 5.92 Å². The molecule has 4 heteroatoms. The molecule has 1 rings (SSSR count). The highest BCUT2D eigenvalue weighted by atomic mass is 16.5. The Bertz CT molecular complexity index is 350. The molecule has 0 fully saturated rings. The minimum Gasteiger partial charge on any atom is -0.619 e. The molecular formula is C13H21NO3. The molecule has 1 heterocycles. The highest BCUT2D eigenvalue weighted by Gasteiger charge is 2.22. The van der Waals surface area contributed by atoms with Crippen molar-refractivity contribution in [3.63, 3.8) is 0 Å². The van der Waals surface area contributed by atoms with E-state index in [1.54, 1.807) is 12.1 Å². The van der Waals surface area contributed by atoms with Crippen LogP contribution in [0.25, 0.3) is 0 Å². The Labute approximate surface area is 103 Å². The van der Waals surface area contributed by atoms with Crippen LogP contribution in [0.4, 0.5) is 0 Å². The maximum absolute atomic E-state index is 11.0. The van der Waals surface area contributed by atoms with Gasteiger partial charge in [0.15, 0.2) is 11.9 Å². The Hall–Kier alpha value is -1.29. The van der Waals surface area contributed by atoms with Gasteiger partial charge >= 0.3 is 0 Å². The van der Waals surface area contributed by atoms with E-state index in [2.05, 4.69) is 27.7 Å².